The molecule has 0 bridgehead atoms. The van der Waals surface area contributed by atoms with E-state index in [0.717, 1.165) is 44.9 Å². The number of hydrogen-bond acceptors (Lipinski definition) is 4. The molecule has 0 spiro atoms. The fraction of sp³-hybridized carbons (Fsp3) is 0.478. The zero-order valence-corrected chi connectivity index (χ0v) is 20.9. The lowest BCUT2D eigenvalue weighted by Gasteiger charge is -2.39. The van der Waals surface area contributed by atoms with Crippen molar-refractivity contribution in [3.8, 4) is 0 Å². The molecular formula is C23H31IN6O2. The Hall–Kier alpha value is -2.43. The number of hydrogen-bond donors (Lipinski definition) is 1. The van der Waals surface area contributed by atoms with Crippen LogP contribution in [0.3, 0.4) is 0 Å². The molecule has 2 aliphatic heterocycles. The third-order valence-electron chi connectivity index (χ3n) is 6.31. The van der Waals surface area contributed by atoms with E-state index in [9.17, 15) is 9.59 Å². The second-order valence-corrected chi connectivity index (χ2v) is 8.28. The maximum atomic E-state index is 12.4. The highest BCUT2D eigenvalue weighted by Crippen LogP contribution is 2.27. The van der Waals surface area contributed by atoms with Crippen LogP contribution >= 0.6 is 24.0 Å². The van der Waals surface area contributed by atoms with E-state index in [0.29, 0.717) is 29.6 Å². The molecule has 2 aromatic rings. The standard InChI is InChI=1S/C23H30N6O2.HI/c1-17-9-13-27(15-20(17)28-14-11-25-16-28)23(24-2)26-10-5-6-12-29-21(30)18-7-3-4-8-19(18)22(29)31;/h3-4,7-8,11,14,16-17,20H,5-6,9-10,12-13,15H2,1-2H3,(H,24,26);1H. The number of carbonyl (C=O) groups is 2. The van der Waals surface area contributed by atoms with E-state index in [1.807, 2.05) is 25.8 Å². The third-order valence-corrected chi connectivity index (χ3v) is 6.31. The molecule has 2 unspecified atom stereocenters. The molecule has 0 saturated carbocycles. The Morgan fingerprint density at radius 1 is 1.19 bits per heavy atom. The van der Waals surface area contributed by atoms with Gasteiger partial charge in [-0.05, 0) is 37.3 Å². The SMILES string of the molecule is CN=C(NCCCCN1C(=O)c2ccccc2C1=O)N1CCC(C)C(n2ccnc2)C1.I. The second-order valence-electron chi connectivity index (χ2n) is 8.28. The lowest BCUT2D eigenvalue weighted by Crippen LogP contribution is -2.49. The van der Waals surface area contributed by atoms with Crippen LogP contribution in [0.1, 0.15) is 52.9 Å². The number of fused-ring (bicyclic) bond motifs is 1. The minimum absolute atomic E-state index is 0. The van der Waals surface area contributed by atoms with Crippen molar-refractivity contribution in [3.05, 3.63) is 54.1 Å². The number of aliphatic imine (C=N–C) groups is 1. The van der Waals surface area contributed by atoms with Crippen LogP contribution in [0.15, 0.2) is 48.0 Å². The largest absolute Gasteiger partial charge is 0.356 e. The van der Waals surface area contributed by atoms with Crippen LogP contribution in [0.5, 0.6) is 0 Å². The first-order chi connectivity index (χ1) is 15.1. The van der Waals surface area contributed by atoms with Crippen LogP contribution in [0.2, 0.25) is 0 Å². The normalized spacial score (nSPS) is 20.9. The maximum Gasteiger partial charge on any atom is 0.261 e. The van der Waals surface area contributed by atoms with Gasteiger partial charge in [-0.15, -0.1) is 24.0 Å². The number of amides is 2. The van der Waals surface area contributed by atoms with Crippen LogP contribution in [0, 0.1) is 5.92 Å². The van der Waals surface area contributed by atoms with Crippen LogP contribution < -0.4 is 5.32 Å². The third kappa shape index (κ3) is 4.97. The van der Waals surface area contributed by atoms with Gasteiger partial charge in [-0.1, -0.05) is 19.1 Å². The Morgan fingerprint density at radius 2 is 1.91 bits per heavy atom. The van der Waals surface area contributed by atoms with Gasteiger partial charge in [-0.2, -0.15) is 0 Å². The number of likely N-dealkylation sites (tertiary alicyclic amines) is 1. The molecule has 1 N–H and O–H groups in total. The van der Waals surface area contributed by atoms with Crippen molar-refractivity contribution in [2.75, 3.05) is 33.2 Å². The van der Waals surface area contributed by atoms with Gasteiger partial charge in [0, 0.05) is 45.6 Å². The van der Waals surface area contributed by atoms with Crippen LogP contribution in [0.25, 0.3) is 0 Å². The predicted octanol–water partition coefficient (Wildman–Crippen LogP) is 3.04. The number of piperidine rings is 1. The molecule has 0 radical (unpaired) electrons. The quantitative estimate of drug-likeness (QED) is 0.197. The smallest absolute Gasteiger partial charge is 0.261 e. The van der Waals surface area contributed by atoms with Gasteiger partial charge in [0.1, 0.15) is 0 Å². The summed E-state index contributed by atoms with van der Waals surface area (Å²) in [5.74, 6) is 1.12. The maximum absolute atomic E-state index is 12.4. The average molecular weight is 550 g/mol. The molecule has 2 aliphatic rings. The molecule has 2 atom stereocenters. The van der Waals surface area contributed by atoms with E-state index in [1.165, 1.54) is 4.90 Å². The summed E-state index contributed by atoms with van der Waals surface area (Å²) in [4.78, 5) is 37.2. The molecule has 1 aromatic carbocycles. The second kappa shape index (κ2) is 10.9. The highest BCUT2D eigenvalue weighted by Gasteiger charge is 2.34. The number of rotatable bonds is 6. The van der Waals surface area contributed by atoms with Gasteiger partial charge in [0.05, 0.1) is 23.5 Å². The Morgan fingerprint density at radius 3 is 2.53 bits per heavy atom. The molecule has 3 heterocycles. The fourth-order valence-electron chi connectivity index (χ4n) is 4.46. The Balaban J connectivity index is 0.00000289. The molecule has 0 aliphatic carbocycles. The van der Waals surface area contributed by atoms with Crippen LogP contribution in [-0.2, 0) is 0 Å². The molecular weight excluding hydrogens is 519 g/mol. The summed E-state index contributed by atoms with van der Waals surface area (Å²) in [7, 11) is 1.81. The van der Waals surface area contributed by atoms with Gasteiger partial charge in [0.15, 0.2) is 5.96 Å². The first-order valence-electron chi connectivity index (χ1n) is 11.0. The van der Waals surface area contributed by atoms with E-state index >= 15 is 0 Å². The van der Waals surface area contributed by atoms with Crippen molar-refractivity contribution >= 4 is 41.8 Å². The first kappa shape index (κ1) is 24.2. The molecule has 4 rings (SSSR count). The van der Waals surface area contributed by atoms with E-state index in [-0.39, 0.29) is 35.8 Å². The number of guanidine groups is 1. The average Bonchev–Trinajstić information content (AvgIpc) is 3.40. The molecule has 9 heteroatoms. The Kier molecular flexibility index (Phi) is 8.27. The first-order valence-corrected chi connectivity index (χ1v) is 11.0. The van der Waals surface area contributed by atoms with E-state index in [1.54, 1.807) is 24.3 Å². The molecule has 1 aromatic heterocycles. The molecule has 2 amide bonds. The monoisotopic (exact) mass is 550 g/mol. The van der Waals surface area contributed by atoms with E-state index < -0.39 is 0 Å². The zero-order valence-electron chi connectivity index (χ0n) is 18.6. The van der Waals surface area contributed by atoms with Crippen molar-refractivity contribution in [2.24, 2.45) is 10.9 Å². The molecule has 1 saturated heterocycles. The molecule has 172 valence electrons. The number of nitrogens with one attached hydrogen (secondary N) is 1. The van der Waals surface area contributed by atoms with Crippen LogP contribution in [-0.4, -0.2) is 70.4 Å². The number of nitrogens with zero attached hydrogens (tertiary/aromatic N) is 5. The summed E-state index contributed by atoms with van der Waals surface area (Å²) >= 11 is 0. The van der Waals surface area contributed by atoms with Crippen molar-refractivity contribution < 1.29 is 9.59 Å². The predicted molar refractivity (Wildman–Crippen MR) is 134 cm³/mol. The Labute approximate surface area is 206 Å². The van der Waals surface area contributed by atoms with Gasteiger partial charge in [-0.3, -0.25) is 19.5 Å². The van der Waals surface area contributed by atoms with Gasteiger partial charge in [0.2, 0.25) is 0 Å². The summed E-state index contributed by atoms with van der Waals surface area (Å²) < 4.78 is 2.19. The topological polar surface area (TPSA) is 82.8 Å². The van der Waals surface area contributed by atoms with Gasteiger partial charge < -0.3 is 14.8 Å². The minimum Gasteiger partial charge on any atom is -0.356 e. The van der Waals surface area contributed by atoms with Crippen molar-refractivity contribution in [1.82, 2.24) is 24.7 Å². The van der Waals surface area contributed by atoms with Crippen molar-refractivity contribution in [2.45, 2.75) is 32.2 Å². The van der Waals surface area contributed by atoms with Gasteiger partial charge in [0.25, 0.3) is 11.8 Å². The number of imide groups is 1. The Bertz CT molecular complexity index is 926. The van der Waals surface area contributed by atoms with Gasteiger partial charge >= 0.3 is 0 Å². The zero-order chi connectivity index (χ0) is 21.8. The van der Waals surface area contributed by atoms with E-state index in [2.05, 4.69) is 31.7 Å². The summed E-state index contributed by atoms with van der Waals surface area (Å²) in [6, 6.07) is 7.40. The lowest BCUT2D eigenvalue weighted by molar-refractivity contribution is 0.0652. The molecule has 8 nitrogen and oxygen atoms in total. The van der Waals surface area contributed by atoms with E-state index in [4.69, 9.17) is 0 Å². The number of halogens is 1. The summed E-state index contributed by atoms with van der Waals surface area (Å²) in [5.41, 5.74) is 1.02. The lowest BCUT2D eigenvalue weighted by atomic mass is 9.93. The number of carbonyl (C=O) groups excluding carboxylic acids is 2. The highest BCUT2D eigenvalue weighted by molar-refractivity contribution is 14.0. The summed E-state index contributed by atoms with van der Waals surface area (Å²) in [5, 5.41) is 3.45. The fourth-order valence-corrected chi connectivity index (χ4v) is 4.46. The van der Waals surface area contributed by atoms with Crippen LogP contribution in [0.4, 0.5) is 0 Å². The summed E-state index contributed by atoms with van der Waals surface area (Å²) in [6.45, 7) is 5.35. The van der Waals surface area contributed by atoms with Crippen molar-refractivity contribution in [1.29, 1.82) is 0 Å². The summed E-state index contributed by atoms with van der Waals surface area (Å²) in [6.07, 6.45) is 8.45. The molecule has 1 fully saturated rings. The van der Waals surface area contributed by atoms with Crippen molar-refractivity contribution in [3.63, 3.8) is 0 Å². The minimum atomic E-state index is -0.183. The van der Waals surface area contributed by atoms with Gasteiger partial charge in [-0.25, -0.2) is 4.98 Å². The number of unbranched alkanes of at least 4 members (excludes halogenated alkanes) is 1. The molecule has 32 heavy (non-hydrogen) atoms. The number of aromatic nitrogens is 2. The highest BCUT2D eigenvalue weighted by atomic mass is 127. The number of imidazole rings is 1. The number of benzene rings is 1.